The molecule has 23 heavy (non-hydrogen) atoms. The van der Waals surface area contributed by atoms with E-state index >= 15 is 0 Å². The number of benzene rings is 1. The van der Waals surface area contributed by atoms with E-state index in [1.807, 2.05) is 12.1 Å². The van der Waals surface area contributed by atoms with Gasteiger partial charge in [0.2, 0.25) is 0 Å². The molecule has 0 spiro atoms. The first-order valence-corrected chi connectivity index (χ1v) is 9.15. The van der Waals surface area contributed by atoms with E-state index in [0.29, 0.717) is 17.6 Å². The van der Waals surface area contributed by atoms with Crippen molar-refractivity contribution in [1.29, 1.82) is 0 Å². The molecule has 2 saturated carbocycles. The highest BCUT2D eigenvalue weighted by Crippen LogP contribution is 2.76. The van der Waals surface area contributed by atoms with Gasteiger partial charge in [0.05, 0.1) is 5.60 Å². The molecule has 0 amide bonds. The number of aromatic hydroxyl groups is 1. The number of phenolic OH excluding ortho intramolecular Hbond substituents is 1. The molecule has 0 heterocycles. The molecule has 0 radical (unpaired) electrons. The highest BCUT2D eigenvalue weighted by atomic mass is 16.3. The fraction of sp³-hybridized carbons (Fsp3) is 0.619. The number of hydrogen-bond acceptors (Lipinski definition) is 2. The SMILES string of the molecule is CC1=C[C@@]23CC[C@@]1(O)[C@@]2(C)CC[C@@H]1c2ccc(O)cc2CC[C@H]13. The van der Waals surface area contributed by atoms with Crippen LogP contribution in [0.15, 0.2) is 29.8 Å². The van der Waals surface area contributed by atoms with E-state index < -0.39 is 5.60 Å². The van der Waals surface area contributed by atoms with Gasteiger partial charge in [0.25, 0.3) is 0 Å². The van der Waals surface area contributed by atoms with Crippen molar-refractivity contribution in [3.05, 3.63) is 41.0 Å². The number of phenols is 1. The summed E-state index contributed by atoms with van der Waals surface area (Å²) in [5.41, 5.74) is 3.68. The Hall–Kier alpha value is -1.28. The van der Waals surface area contributed by atoms with Gasteiger partial charge in [-0.1, -0.05) is 19.1 Å². The molecule has 1 aromatic carbocycles. The van der Waals surface area contributed by atoms with Gasteiger partial charge in [0.15, 0.2) is 0 Å². The van der Waals surface area contributed by atoms with Crippen LogP contribution in [0.1, 0.15) is 63.0 Å². The van der Waals surface area contributed by atoms with Crippen LogP contribution in [0.25, 0.3) is 0 Å². The molecule has 2 N–H and O–H groups in total. The van der Waals surface area contributed by atoms with Gasteiger partial charge >= 0.3 is 0 Å². The number of aryl methyl sites for hydroxylation is 1. The molecular weight excluding hydrogens is 284 g/mol. The summed E-state index contributed by atoms with van der Waals surface area (Å²) >= 11 is 0. The Bertz CT molecular complexity index is 735. The number of rotatable bonds is 0. The van der Waals surface area contributed by atoms with Crippen molar-refractivity contribution in [2.24, 2.45) is 16.7 Å². The third-order valence-electron chi connectivity index (χ3n) is 8.32. The summed E-state index contributed by atoms with van der Waals surface area (Å²) in [6.45, 7) is 4.50. The van der Waals surface area contributed by atoms with E-state index in [1.165, 1.54) is 29.5 Å². The molecule has 2 fully saturated rings. The van der Waals surface area contributed by atoms with Crippen molar-refractivity contribution in [3.8, 4) is 5.75 Å². The average Bonchev–Trinajstić information content (AvgIpc) is 2.86. The molecule has 0 saturated heterocycles. The second-order valence-corrected chi connectivity index (χ2v) is 8.73. The van der Waals surface area contributed by atoms with Gasteiger partial charge in [-0.3, -0.25) is 0 Å². The second kappa shape index (κ2) is 4.03. The molecule has 4 aliphatic carbocycles. The maximum atomic E-state index is 11.4. The van der Waals surface area contributed by atoms with Gasteiger partial charge in [-0.05, 0) is 86.1 Å². The van der Waals surface area contributed by atoms with E-state index in [9.17, 15) is 10.2 Å². The largest absolute Gasteiger partial charge is 0.508 e. The third-order valence-corrected chi connectivity index (χ3v) is 8.32. The molecular formula is C21H26O2. The summed E-state index contributed by atoms with van der Waals surface area (Å²) in [7, 11) is 0. The minimum absolute atomic E-state index is 0.0275. The zero-order valence-electron chi connectivity index (χ0n) is 14.1. The fourth-order valence-electron chi connectivity index (χ4n) is 7.15. The summed E-state index contributed by atoms with van der Waals surface area (Å²) in [6, 6.07) is 5.98. The van der Waals surface area contributed by atoms with Crippen LogP contribution in [0.2, 0.25) is 0 Å². The first kappa shape index (κ1) is 14.1. The number of aliphatic hydroxyl groups is 1. The van der Waals surface area contributed by atoms with Crippen molar-refractivity contribution in [3.63, 3.8) is 0 Å². The highest BCUT2D eigenvalue weighted by molar-refractivity contribution is 5.46. The summed E-state index contributed by atoms with van der Waals surface area (Å²) < 4.78 is 0. The molecule has 0 aliphatic heterocycles. The highest BCUT2D eigenvalue weighted by Gasteiger charge is 2.72. The Balaban J connectivity index is 1.65. The minimum atomic E-state index is -0.562. The first-order chi connectivity index (χ1) is 10.9. The molecule has 0 unspecified atom stereocenters. The molecule has 1 aromatic rings. The Morgan fingerprint density at radius 1 is 1.13 bits per heavy atom. The summed E-state index contributed by atoms with van der Waals surface area (Å²) in [4.78, 5) is 0. The summed E-state index contributed by atoms with van der Waals surface area (Å²) in [5.74, 6) is 1.63. The van der Waals surface area contributed by atoms with Gasteiger partial charge < -0.3 is 10.2 Å². The number of hydrogen-bond donors (Lipinski definition) is 2. The molecule has 122 valence electrons. The van der Waals surface area contributed by atoms with Crippen LogP contribution in [0, 0.1) is 16.7 Å². The Kier molecular flexibility index (Phi) is 2.47. The predicted molar refractivity (Wildman–Crippen MR) is 90.4 cm³/mol. The van der Waals surface area contributed by atoms with Gasteiger partial charge in [-0.15, -0.1) is 0 Å². The second-order valence-electron chi connectivity index (χ2n) is 8.73. The van der Waals surface area contributed by atoms with E-state index in [4.69, 9.17) is 0 Å². The molecule has 0 aromatic heterocycles. The lowest BCUT2D eigenvalue weighted by Crippen LogP contribution is -2.52. The van der Waals surface area contributed by atoms with Crippen LogP contribution < -0.4 is 0 Å². The minimum Gasteiger partial charge on any atom is -0.508 e. The van der Waals surface area contributed by atoms with Crippen molar-refractivity contribution < 1.29 is 10.2 Å². The Morgan fingerprint density at radius 2 is 1.96 bits per heavy atom. The number of fused-ring (bicyclic) bond motifs is 3. The van der Waals surface area contributed by atoms with Gasteiger partial charge in [0.1, 0.15) is 5.75 Å². The molecule has 2 nitrogen and oxygen atoms in total. The van der Waals surface area contributed by atoms with Gasteiger partial charge in [-0.2, -0.15) is 0 Å². The van der Waals surface area contributed by atoms with Crippen LogP contribution >= 0.6 is 0 Å². The van der Waals surface area contributed by atoms with Crippen molar-refractivity contribution >= 4 is 0 Å². The normalized spacial score (nSPS) is 46.8. The summed E-state index contributed by atoms with van der Waals surface area (Å²) in [5, 5.41) is 21.2. The lowest BCUT2D eigenvalue weighted by Gasteiger charge is -2.56. The lowest BCUT2D eigenvalue weighted by atomic mass is 9.48. The topological polar surface area (TPSA) is 40.5 Å². The van der Waals surface area contributed by atoms with Crippen LogP contribution in [0.5, 0.6) is 5.75 Å². The van der Waals surface area contributed by atoms with E-state index in [-0.39, 0.29) is 10.8 Å². The van der Waals surface area contributed by atoms with Crippen molar-refractivity contribution in [2.45, 2.75) is 63.9 Å². The van der Waals surface area contributed by atoms with E-state index in [2.05, 4.69) is 26.0 Å². The average molecular weight is 310 g/mol. The maximum absolute atomic E-state index is 11.4. The monoisotopic (exact) mass is 310 g/mol. The molecule has 4 aliphatic rings. The zero-order valence-corrected chi connectivity index (χ0v) is 14.1. The summed E-state index contributed by atoms with van der Waals surface area (Å²) in [6.07, 6.45) is 9.09. The maximum Gasteiger partial charge on any atom is 0.115 e. The fourth-order valence-corrected chi connectivity index (χ4v) is 7.15. The molecule has 5 atom stereocenters. The molecule has 2 bridgehead atoms. The van der Waals surface area contributed by atoms with Crippen LogP contribution in [-0.4, -0.2) is 15.8 Å². The smallest absolute Gasteiger partial charge is 0.115 e. The van der Waals surface area contributed by atoms with Crippen LogP contribution in [0.3, 0.4) is 0 Å². The predicted octanol–water partition coefficient (Wildman–Crippen LogP) is 4.31. The van der Waals surface area contributed by atoms with Crippen molar-refractivity contribution in [1.82, 2.24) is 0 Å². The van der Waals surface area contributed by atoms with Crippen LogP contribution in [0.4, 0.5) is 0 Å². The van der Waals surface area contributed by atoms with Crippen molar-refractivity contribution in [2.75, 3.05) is 0 Å². The number of allylic oxidation sites excluding steroid dienone is 1. The molecule has 5 rings (SSSR count). The Morgan fingerprint density at radius 3 is 2.74 bits per heavy atom. The van der Waals surface area contributed by atoms with Gasteiger partial charge in [-0.25, -0.2) is 0 Å². The van der Waals surface area contributed by atoms with E-state index in [0.717, 1.165) is 25.7 Å². The first-order valence-electron chi connectivity index (χ1n) is 9.15. The lowest BCUT2D eigenvalue weighted by molar-refractivity contribution is -0.0909. The standard InChI is InChI=1S/C21H26O2/c1-13-12-20-9-10-21(13,23)19(20,2)8-7-17-16-5-4-15(22)11-14(16)3-6-18(17)20/h4-5,11-12,17-18,22-23H,3,6-10H2,1-2H3/t17-,18-,19+,20-,21+/m1/s1. The zero-order chi connectivity index (χ0) is 16.0. The van der Waals surface area contributed by atoms with Crippen LogP contribution in [-0.2, 0) is 6.42 Å². The third kappa shape index (κ3) is 1.37. The van der Waals surface area contributed by atoms with Gasteiger partial charge in [0, 0.05) is 10.8 Å². The molecule has 2 heteroatoms. The van der Waals surface area contributed by atoms with E-state index in [1.54, 1.807) is 0 Å². The Labute approximate surface area is 138 Å². The quantitative estimate of drug-likeness (QED) is 0.701.